The van der Waals surface area contributed by atoms with Crippen LogP contribution in [0.4, 0.5) is 0 Å². The second-order valence-electron chi connectivity index (χ2n) is 8.84. The maximum atomic E-state index is 12.0. The van der Waals surface area contributed by atoms with E-state index in [1.807, 2.05) is 0 Å². The van der Waals surface area contributed by atoms with Gasteiger partial charge in [0.25, 0.3) is 0 Å². The highest BCUT2D eigenvalue weighted by Gasteiger charge is 2.22. The molecule has 0 aromatic rings. The fourth-order valence-corrected chi connectivity index (χ4v) is 4.24. The first-order valence-corrected chi connectivity index (χ1v) is 12.2. The van der Waals surface area contributed by atoms with Crippen molar-refractivity contribution in [2.24, 2.45) is 11.8 Å². The van der Waals surface area contributed by atoms with Gasteiger partial charge in [0.05, 0.1) is 0 Å². The van der Waals surface area contributed by atoms with Crippen LogP contribution in [0.1, 0.15) is 117 Å². The molecule has 1 fully saturated rings. The molecule has 1 aliphatic rings. The molecule has 0 aromatic heterocycles. The van der Waals surface area contributed by atoms with Gasteiger partial charge < -0.3 is 10.6 Å². The minimum Gasteiger partial charge on any atom is -0.356 e. The van der Waals surface area contributed by atoms with Crippen molar-refractivity contribution in [3.8, 4) is 0 Å². The molecule has 2 atom stereocenters. The fraction of sp³-hybridized carbons (Fsp3) is 0.917. The normalized spacial score (nSPS) is 19.4. The molecule has 0 spiro atoms. The van der Waals surface area contributed by atoms with Crippen LogP contribution in [-0.4, -0.2) is 24.9 Å². The van der Waals surface area contributed by atoms with Crippen LogP contribution in [0, 0.1) is 11.8 Å². The fourth-order valence-electron chi connectivity index (χ4n) is 4.24. The number of carbonyl (C=O) groups excluding carboxylic acids is 2. The van der Waals surface area contributed by atoms with Crippen molar-refractivity contribution >= 4 is 11.8 Å². The zero-order chi connectivity index (χ0) is 20.5. The summed E-state index contributed by atoms with van der Waals surface area (Å²) in [6.45, 7) is 6.06. The van der Waals surface area contributed by atoms with Crippen LogP contribution in [-0.2, 0) is 9.59 Å². The van der Waals surface area contributed by atoms with Gasteiger partial charge in [-0.25, -0.2) is 0 Å². The Balaban J connectivity index is 2.08. The SMILES string of the molecule is CCCCCCCC(=O)NCC1CCCC(CNC(=O)CCCCCCC)C1. The quantitative estimate of drug-likeness (QED) is 0.328. The molecule has 0 aromatic carbocycles. The molecule has 1 saturated carbocycles. The van der Waals surface area contributed by atoms with Gasteiger partial charge in [-0.2, -0.15) is 0 Å². The lowest BCUT2D eigenvalue weighted by Gasteiger charge is -2.29. The molecular formula is C24H46N2O2. The molecule has 2 amide bonds. The molecule has 4 nitrogen and oxygen atoms in total. The maximum Gasteiger partial charge on any atom is 0.220 e. The smallest absolute Gasteiger partial charge is 0.220 e. The van der Waals surface area contributed by atoms with Crippen LogP contribution < -0.4 is 10.6 Å². The molecule has 0 radical (unpaired) electrons. The van der Waals surface area contributed by atoms with Gasteiger partial charge in [-0.15, -0.1) is 0 Å². The van der Waals surface area contributed by atoms with Gasteiger partial charge >= 0.3 is 0 Å². The third-order valence-corrected chi connectivity index (χ3v) is 6.08. The van der Waals surface area contributed by atoms with Gasteiger partial charge in [-0.1, -0.05) is 71.6 Å². The van der Waals surface area contributed by atoms with Crippen LogP contribution in [0.25, 0.3) is 0 Å². The molecule has 2 N–H and O–H groups in total. The lowest BCUT2D eigenvalue weighted by molar-refractivity contribution is -0.122. The number of rotatable bonds is 16. The van der Waals surface area contributed by atoms with Gasteiger partial charge in [0.15, 0.2) is 0 Å². The first kappa shape index (κ1) is 25.0. The largest absolute Gasteiger partial charge is 0.356 e. The summed E-state index contributed by atoms with van der Waals surface area (Å²) < 4.78 is 0. The summed E-state index contributed by atoms with van der Waals surface area (Å²) in [4.78, 5) is 24.0. The molecule has 0 bridgehead atoms. The first-order valence-electron chi connectivity index (χ1n) is 12.2. The topological polar surface area (TPSA) is 58.2 Å². The summed E-state index contributed by atoms with van der Waals surface area (Å²) in [6, 6.07) is 0. The monoisotopic (exact) mass is 394 g/mol. The van der Waals surface area contributed by atoms with E-state index in [9.17, 15) is 9.59 Å². The van der Waals surface area contributed by atoms with Crippen LogP contribution in [0.3, 0.4) is 0 Å². The molecular weight excluding hydrogens is 348 g/mol. The first-order chi connectivity index (χ1) is 13.7. The zero-order valence-corrected chi connectivity index (χ0v) is 18.7. The van der Waals surface area contributed by atoms with Crippen molar-refractivity contribution in [2.45, 2.75) is 117 Å². The average molecular weight is 395 g/mol. The number of carbonyl (C=O) groups is 2. The van der Waals surface area contributed by atoms with E-state index in [0.29, 0.717) is 24.7 Å². The van der Waals surface area contributed by atoms with Gasteiger partial charge in [0.1, 0.15) is 0 Å². The van der Waals surface area contributed by atoms with E-state index in [4.69, 9.17) is 0 Å². The van der Waals surface area contributed by atoms with E-state index in [1.165, 1.54) is 70.6 Å². The molecule has 0 aliphatic heterocycles. The van der Waals surface area contributed by atoms with E-state index in [0.717, 1.165) is 32.4 Å². The number of hydrogen-bond donors (Lipinski definition) is 2. The Bertz CT molecular complexity index is 375. The van der Waals surface area contributed by atoms with Crippen molar-refractivity contribution < 1.29 is 9.59 Å². The Morgan fingerprint density at radius 1 is 0.679 bits per heavy atom. The van der Waals surface area contributed by atoms with Crippen LogP contribution >= 0.6 is 0 Å². The van der Waals surface area contributed by atoms with Crippen molar-refractivity contribution in [1.29, 1.82) is 0 Å². The van der Waals surface area contributed by atoms with Gasteiger partial charge in [-0.3, -0.25) is 9.59 Å². The molecule has 2 unspecified atom stereocenters. The third kappa shape index (κ3) is 13.2. The lowest BCUT2D eigenvalue weighted by Crippen LogP contribution is -2.35. The second-order valence-corrected chi connectivity index (χ2v) is 8.84. The van der Waals surface area contributed by atoms with Gasteiger partial charge in [-0.05, 0) is 43.9 Å². The highest BCUT2D eigenvalue weighted by Crippen LogP contribution is 2.28. The summed E-state index contributed by atoms with van der Waals surface area (Å²) in [5, 5.41) is 6.29. The molecule has 164 valence electrons. The number of hydrogen-bond acceptors (Lipinski definition) is 2. The van der Waals surface area contributed by atoms with Crippen LogP contribution in [0.5, 0.6) is 0 Å². The third-order valence-electron chi connectivity index (χ3n) is 6.08. The van der Waals surface area contributed by atoms with E-state index in [-0.39, 0.29) is 11.8 Å². The van der Waals surface area contributed by atoms with Crippen LogP contribution in [0.2, 0.25) is 0 Å². The molecule has 0 heterocycles. The van der Waals surface area contributed by atoms with E-state index in [2.05, 4.69) is 24.5 Å². The number of unbranched alkanes of at least 4 members (excludes halogenated alkanes) is 8. The zero-order valence-electron chi connectivity index (χ0n) is 18.7. The summed E-state index contributed by atoms with van der Waals surface area (Å²) >= 11 is 0. The summed E-state index contributed by atoms with van der Waals surface area (Å²) in [7, 11) is 0. The van der Waals surface area contributed by atoms with Crippen molar-refractivity contribution in [3.63, 3.8) is 0 Å². The van der Waals surface area contributed by atoms with Crippen molar-refractivity contribution in [3.05, 3.63) is 0 Å². The Morgan fingerprint density at radius 3 is 1.54 bits per heavy atom. The standard InChI is InChI=1S/C24H46N2O2/c1-3-5-7-9-11-16-23(27)25-19-21-14-13-15-22(18-21)20-26-24(28)17-12-10-8-6-4-2/h21-22H,3-20H2,1-2H3,(H,25,27)(H,26,28). The Labute approximate surface area is 174 Å². The Kier molecular flexibility index (Phi) is 15.0. The van der Waals surface area contributed by atoms with E-state index >= 15 is 0 Å². The van der Waals surface area contributed by atoms with E-state index < -0.39 is 0 Å². The van der Waals surface area contributed by atoms with Gasteiger partial charge in [0, 0.05) is 25.9 Å². The number of amides is 2. The summed E-state index contributed by atoms with van der Waals surface area (Å²) in [5.41, 5.74) is 0. The lowest BCUT2D eigenvalue weighted by atomic mass is 9.81. The minimum absolute atomic E-state index is 0.218. The van der Waals surface area contributed by atoms with Crippen molar-refractivity contribution in [2.75, 3.05) is 13.1 Å². The number of nitrogens with one attached hydrogen (secondary N) is 2. The maximum absolute atomic E-state index is 12.0. The minimum atomic E-state index is 0.218. The molecule has 4 heteroatoms. The average Bonchev–Trinajstić information content (AvgIpc) is 2.71. The van der Waals surface area contributed by atoms with Crippen LogP contribution in [0.15, 0.2) is 0 Å². The highest BCUT2D eigenvalue weighted by molar-refractivity contribution is 5.76. The molecule has 1 aliphatic carbocycles. The second kappa shape index (κ2) is 16.9. The molecule has 28 heavy (non-hydrogen) atoms. The Morgan fingerprint density at radius 2 is 1.11 bits per heavy atom. The van der Waals surface area contributed by atoms with Crippen molar-refractivity contribution in [1.82, 2.24) is 10.6 Å². The Hall–Kier alpha value is -1.06. The summed E-state index contributed by atoms with van der Waals surface area (Å²) in [5.74, 6) is 1.59. The molecule has 1 rings (SSSR count). The molecule has 0 saturated heterocycles. The van der Waals surface area contributed by atoms with Gasteiger partial charge in [0.2, 0.25) is 11.8 Å². The highest BCUT2D eigenvalue weighted by atomic mass is 16.2. The van der Waals surface area contributed by atoms with E-state index in [1.54, 1.807) is 0 Å². The predicted octanol–water partition coefficient (Wildman–Crippen LogP) is 5.75. The summed E-state index contributed by atoms with van der Waals surface area (Å²) in [6.07, 6.45) is 18.0. The predicted molar refractivity (Wildman–Crippen MR) is 118 cm³/mol.